The van der Waals surface area contributed by atoms with Crippen LogP contribution in [0.4, 0.5) is 13.2 Å². The molecule has 3 rings (SSSR count). The Labute approximate surface area is 137 Å². The number of imidazole rings is 1. The number of unbranched alkanes of at least 4 members (excludes halogenated alkanes) is 2. The number of aromatic amines is 1. The molecule has 1 aromatic heterocycles. The lowest BCUT2D eigenvalue weighted by atomic mass is 10.1. The van der Waals surface area contributed by atoms with Gasteiger partial charge in [0.05, 0.1) is 11.0 Å². The number of H-pyrrole nitrogens is 1. The number of nitrogens with zero attached hydrogens (tertiary/aromatic N) is 1. The Balaban J connectivity index is 1.55. The topological polar surface area (TPSA) is 48.9 Å². The second-order valence-electron chi connectivity index (χ2n) is 6.06. The van der Waals surface area contributed by atoms with E-state index in [0.717, 1.165) is 34.1 Å². The Morgan fingerprint density at radius 3 is 2.46 bits per heavy atom. The van der Waals surface area contributed by atoms with E-state index in [0.29, 0.717) is 19.3 Å². The van der Waals surface area contributed by atoms with Gasteiger partial charge in [0.2, 0.25) is 0 Å². The highest BCUT2D eigenvalue weighted by molar-refractivity contribution is 5.95. The molecule has 0 saturated carbocycles. The number of rotatable bonds is 6. The molecule has 1 unspecified atom stereocenters. The summed E-state index contributed by atoms with van der Waals surface area (Å²) in [7, 11) is 0. The van der Waals surface area contributed by atoms with E-state index in [4.69, 9.17) is 5.11 Å². The summed E-state index contributed by atoms with van der Waals surface area (Å²) in [6.07, 6.45) is -4.56. The molecule has 1 atom stereocenters. The summed E-state index contributed by atoms with van der Waals surface area (Å²) >= 11 is 0. The van der Waals surface area contributed by atoms with Crippen molar-refractivity contribution in [3.8, 4) is 0 Å². The second kappa shape index (κ2) is 6.81. The average molecular weight is 336 g/mol. The molecular formula is C18H19F3N2O. The van der Waals surface area contributed by atoms with Crippen LogP contribution in [0.25, 0.3) is 21.8 Å². The minimum Gasteiger partial charge on any atom is -0.384 e. The third-order valence-electron chi connectivity index (χ3n) is 4.17. The van der Waals surface area contributed by atoms with Crippen molar-refractivity contribution in [2.45, 2.75) is 44.4 Å². The summed E-state index contributed by atoms with van der Waals surface area (Å²) in [5.41, 5.74) is 1.87. The summed E-state index contributed by atoms with van der Waals surface area (Å²) in [4.78, 5) is 7.82. The number of hydrogen-bond donors (Lipinski definition) is 2. The molecule has 0 saturated heterocycles. The number of nitrogens with one attached hydrogen (secondary N) is 1. The van der Waals surface area contributed by atoms with E-state index in [9.17, 15) is 13.2 Å². The number of alkyl halides is 3. The monoisotopic (exact) mass is 336 g/mol. The molecule has 0 amide bonds. The zero-order valence-electron chi connectivity index (χ0n) is 13.1. The lowest BCUT2D eigenvalue weighted by Gasteiger charge is -2.13. The number of halogens is 3. The number of aliphatic hydroxyl groups excluding tert-OH is 1. The van der Waals surface area contributed by atoms with Crippen LogP contribution in [0.5, 0.6) is 0 Å². The number of fused-ring (bicyclic) bond motifs is 2. The zero-order valence-corrected chi connectivity index (χ0v) is 13.1. The Morgan fingerprint density at radius 1 is 1.04 bits per heavy atom. The minimum atomic E-state index is -4.51. The molecule has 0 fully saturated rings. The van der Waals surface area contributed by atoms with E-state index in [1.165, 1.54) is 0 Å². The second-order valence-corrected chi connectivity index (χ2v) is 6.06. The van der Waals surface area contributed by atoms with Crippen LogP contribution in [-0.2, 0) is 6.42 Å². The van der Waals surface area contributed by atoms with Crippen LogP contribution < -0.4 is 0 Å². The first-order valence-corrected chi connectivity index (χ1v) is 8.05. The standard InChI is InChI=1S/C18H19F3N2O/c19-18(20,21)16(24)8-2-1-3-9-17-22-14-10-12-6-4-5-7-13(12)11-15(14)23-17/h4-7,10-11,16,24H,1-3,8-9H2,(H,22,23). The van der Waals surface area contributed by atoms with E-state index in [1.54, 1.807) is 0 Å². The summed E-state index contributed by atoms with van der Waals surface area (Å²) in [6, 6.07) is 12.1. The summed E-state index contributed by atoms with van der Waals surface area (Å²) in [6.45, 7) is 0. The Morgan fingerprint density at radius 2 is 1.75 bits per heavy atom. The van der Waals surface area contributed by atoms with Crippen LogP contribution in [0.15, 0.2) is 36.4 Å². The molecule has 24 heavy (non-hydrogen) atoms. The summed E-state index contributed by atoms with van der Waals surface area (Å²) in [5, 5.41) is 11.2. The molecule has 0 bridgehead atoms. The number of aryl methyl sites for hydroxylation is 1. The van der Waals surface area contributed by atoms with E-state index in [1.807, 2.05) is 30.3 Å². The van der Waals surface area contributed by atoms with Gasteiger partial charge in [-0.25, -0.2) is 4.98 Å². The molecule has 2 N–H and O–H groups in total. The molecule has 2 aromatic carbocycles. The van der Waals surface area contributed by atoms with Gasteiger partial charge in [-0.3, -0.25) is 0 Å². The number of hydrogen-bond acceptors (Lipinski definition) is 2. The molecule has 0 aliphatic rings. The van der Waals surface area contributed by atoms with Gasteiger partial charge in [0, 0.05) is 6.42 Å². The van der Waals surface area contributed by atoms with Gasteiger partial charge < -0.3 is 10.1 Å². The van der Waals surface area contributed by atoms with E-state index >= 15 is 0 Å². The fourth-order valence-electron chi connectivity index (χ4n) is 2.84. The number of aliphatic hydroxyl groups is 1. The van der Waals surface area contributed by atoms with E-state index in [-0.39, 0.29) is 6.42 Å². The van der Waals surface area contributed by atoms with Crippen molar-refractivity contribution in [1.29, 1.82) is 0 Å². The van der Waals surface area contributed by atoms with Crippen LogP contribution in [0.3, 0.4) is 0 Å². The van der Waals surface area contributed by atoms with Gasteiger partial charge in [0.15, 0.2) is 0 Å². The van der Waals surface area contributed by atoms with Crippen molar-refractivity contribution in [3.63, 3.8) is 0 Å². The number of benzene rings is 2. The maximum Gasteiger partial charge on any atom is 0.414 e. The van der Waals surface area contributed by atoms with Crippen molar-refractivity contribution in [2.75, 3.05) is 0 Å². The van der Waals surface area contributed by atoms with Gasteiger partial charge in [-0.2, -0.15) is 13.2 Å². The molecular weight excluding hydrogens is 317 g/mol. The van der Waals surface area contributed by atoms with Crippen LogP contribution in [0.2, 0.25) is 0 Å². The van der Waals surface area contributed by atoms with Gasteiger partial charge in [-0.15, -0.1) is 0 Å². The summed E-state index contributed by atoms with van der Waals surface area (Å²) < 4.78 is 36.6. The third kappa shape index (κ3) is 3.87. The Bertz CT molecular complexity index is 773. The molecule has 6 heteroatoms. The quantitative estimate of drug-likeness (QED) is 0.639. The van der Waals surface area contributed by atoms with Gasteiger partial charge >= 0.3 is 6.18 Å². The first-order chi connectivity index (χ1) is 11.4. The predicted octanol–water partition coefficient (Wildman–Crippen LogP) is 4.74. The summed E-state index contributed by atoms with van der Waals surface area (Å²) in [5.74, 6) is 0.844. The fourth-order valence-corrected chi connectivity index (χ4v) is 2.84. The fraction of sp³-hybridized carbons (Fsp3) is 0.389. The zero-order chi connectivity index (χ0) is 17.2. The van der Waals surface area contributed by atoms with Crippen LogP contribution in [0.1, 0.15) is 31.5 Å². The van der Waals surface area contributed by atoms with Gasteiger partial charge in [0.1, 0.15) is 11.9 Å². The average Bonchev–Trinajstić information content (AvgIpc) is 2.92. The molecule has 0 spiro atoms. The van der Waals surface area contributed by atoms with Gasteiger partial charge in [0.25, 0.3) is 0 Å². The lowest BCUT2D eigenvalue weighted by molar-refractivity contribution is -0.205. The third-order valence-corrected chi connectivity index (χ3v) is 4.17. The van der Waals surface area contributed by atoms with Crippen molar-refractivity contribution >= 4 is 21.8 Å². The maximum absolute atomic E-state index is 12.2. The van der Waals surface area contributed by atoms with Crippen LogP contribution >= 0.6 is 0 Å². The smallest absolute Gasteiger partial charge is 0.384 e. The van der Waals surface area contributed by atoms with Crippen LogP contribution in [-0.4, -0.2) is 27.4 Å². The van der Waals surface area contributed by atoms with E-state index in [2.05, 4.69) is 16.0 Å². The minimum absolute atomic E-state index is 0.241. The Hall–Kier alpha value is -2.08. The first kappa shape index (κ1) is 16.8. The largest absolute Gasteiger partial charge is 0.414 e. The molecule has 1 heterocycles. The van der Waals surface area contributed by atoms with Crippen LogP contribution in [0, 0.1) is 0 Å². The van der Waals surface area contributed by atoms with E-state index < -0.39 is 12.3 Å². The van der Waals surface area contributed by atoms with Gasteiger partial charge in [-0.1, -0.05) is 37.1 Å². The number of aromatic nitrogens is 2. The molecule has 0 aliphatic heterocycles. The molecule has 0 aliphatic carbocycles. The highest BCUT2D eigenvalue weighted by atomic mass is 19.4. The van der Waals surface area contributed by atoms with Crippen molar-refractivity contribution < 1.29 is 18.3 Å². The molecule has 3 aromatic rings. The molecule has 0 radical (unpaired) electrons. The van der Waals surface area contributed by atoms with Crippen molar-refractivity contribution in [1.82, 2.24) is 9.97 Å². The highest BCUT2D eigenvalue weighted by Crippen LogP contribution is 2.24. The first-order valence-electron chi connectivity index (χ1n) is 8.05. The Kier molecular flexibility index (Phi) is 4.76. The highest BCUT2D eigenvalue weighted by Gasteiger charge is 2.37. The molecule has 3 nitrogen and oxygen atoms in total. The maximum atomic E-state index is 12.2. The van der Waals surface area contributed by atoms with Crippen molar-refractivity contribution in [2.24, 2.45) is 0 Å². The normalized spacial score (nSPS) is 13.7. The lowest BCUT2D eigenvalue weighted by Crippen LogP contribution is -2.28. The SMILES string of the molecule is OC(CCCCCc1nc2cc3ccccc3cc2[nH]1)C(F)(F)F. The van der Waals surface area contributed by atoms with Crippen molar-refractivity contribution in [3.05, 3.63) is 42.2 Å². The van der Waals surface area contributed by atoms with Gasteiger partial charge in [-0.05, 0) is 35.7 Å². The predicted molar refractivity (Wildman–Crippen MR) is 87.8 cm³/mol. The molecule has 128 valence electrons.